The lowest BCUT2D eigenvalue weighted by Crippen LogP contribution is -2.38. The van der Waals surface area contributed by atoms with Gasteiger partial charge in [0, 0.05) is 50.7 Å². The molecule has 0 radical (unpaired) electrons. The van der Waals surface area contributed by atoms with Gasteiger partial charge in [-0.05, 0) is 44.4 Å². The monoisotopic (exact) mass is 597 g/mol. The van der Waals surface area contributed by atoms with Gasteiger partial charge in [-0.25, -0.2) is 19.6 Å². The first-order valence-corrected chi connectivity index (χ1v) is 13.4. The number of carboxylic acid groups (broad SMARTS) is 2. The van der Waals surface area contributed by atoms with Crippen LogP contribution in [-0.2, 0) is 22.6 Å². The van der Waals surface area contributed by atoms with Crippen LogP contribution in [0, 0.1) is 5.92 Å². The number of alkyl halides is 6. The number of fused-ring (bicyclic) bond motifs is 1. The van der Waals surface area contributed by atoms with Crippen LogP contribution in [-0.4, -0.2) is 87.5 Å². The number of nitrogens with zero attached hydrogens (tertiary/aromatic N) is 4. The first-order chi connectivity index (χ1) is 19.1. The number of hydrogen-bond acceptors (Lipinski definition) is 7. The van der Waals surface area contributed by atoms with Crippen molar-refractivity contribution < 1.29 is 50.9 Å². The Labute approximate surface area is 232 Å². The van der Waals surface area contributed by atoms with Crippen molar-refractivity contribution in [2.75, 3.05) is 31.1 Å². The summed E-state index contributed by atoms with van der Waals surface area (Å²) in [5.41, 5.74) is 2.84. The van der Waals surface area contributed by atoms with Crippen LogP contribution >= 0.6 is 0 Å². The molecule has 0 aromatic carbocycles. The van der Waals surface area contributed by atoms with Gasteiger partial charge in [-0.3, -0.25) is 9.69 Å². The third kappa shape index (κ3) is 10.0. The molecule has 2 aliphatic heterocycles. The van der Waals surface area contributed by atoms with E-state index in [0.717, 1.165) is 75.1 Å². The zero-order chi connectivity index (χ0) is 30.4. The molecule has 0 spiro atoms. The number of carbonyl (C=O) groups excluding carboxylic acids is 1. The highest BCUT2D eigenvalue weighted by Gasteiger charge is 2.39. The lowest BCUT2D eigenvalue weighted by molar-refractivity contribution is -0.193. The molecular weight excluding hydrogens is 564 g/mol. The molecule has 3 fully saturated rings. The van der Waals surface area contributed by atoms with Crippen LogP contribution in [0.5, 0.6) is 0 Å². The van der Waals surface area contributed by atoms with Gasteiger partial charge in [0.1, 0.15) is 5.69 Å². The Morgan fingerprint density at radius 1 is 0.829 bits per heavy atom. The first-order valence-electron chi connectivity index (χ1n) is 13.4. The Morgan fingerprint density at radius 3 is 1.85 bits per heavy atom. The second kappa shape index (κ2) is 13.7. The Balaban J connectivity index is 0.000000276. The highest BCUT2D eigenvalue weighted by Crippen LogP contribution is 2.32. The summed E-state index contributed by atoms with van der Waals surface area (Å²) >= 11 is 0. The van der Waals surface area contributed by atoms with E-state index < -0.39 is 24.3 Å². The highest BCUT2D eigenvalue weighted by atomic mass is 19.4. The van der Waals surface area contributed by atoms with Gasteiger partial charge < -0.3 is 20.4 Å². The zero-order valence-electron chi connectivity index (χ0n) is 22.2. The number of carboxylic acids is 2. The van der Waals surface area contributed by atoms with E-state index in [0.29, 0.717) is 11.7 Å². The minimum Gasteiger partial charge on any atom is -0.475 e. The standard InChI is InChI=1S/C21H31N5O.2C2HF3O2/c27-20(22-16-5-1-2-6-16)19-17-14-25(13-15-7-8-15)12-9-18(17)23-21(24-19)26-10-3-4-11-26;2*3-2(4,5)1(6)7/h15-16H,1-14H2,(H,22,27);2*(H,6,7). The topological polar surface area (TPSA) is 136 Å². The predicted octanol–water partition coefficient (Wildman–Crippen LogP) is 3.78. The molecule has 1 aromatic rings. The third-order valence-corrected chi connectivity index (χ3v) is 7.12. The number of hydrogen-bond donors (Lipinski definition) is 3. The van der Waals surface area contributed by atoms with E-state index >= 15 is 0 Å². The number of amides is 1. The van der Waals surface area contributed by atoms with E-state index in [-0.39, 0.29) is 5.91 Å². The molecule has 3 heterocycles. The third-order valence-electron chi connectivity index (χ3n) is 7.12. The van der Waals surface area contributed by atoms with Crippen LogP contribution in [0.4, 0.5) is 32.3 Å². The van der Waals surface area contributed by atoms with E-state index in [2.05, 4.69) is 15.1 Å². The van der Waals surface area contributed by atoms with Crippen molar-refractivity contribution >= 4 is 23.8 Å². The van der Waals surface area contributed by atoms with Gasteiger partial charge in [0.2, 0.25) is 5.95 Å². The van der Waals surface area contributed by atoms with Gasteiger partial charge in [0.25, 0.3) is 5.91 Å². The van der Waals surface area contributed by atoms with Gasteiger partial charge in [0.05, 0.1) is 5.69 Å². The minimum absolute atomic E-state index is 0.0225. The summed E-state index contributed by atoms with van der Waals surface area (Å²) in [7, 11) is 0. The average molecular weight is 598 g/mol. The molecule has 1 aromatic heterocycles. The fraction of sp³-hybridized carbons (Fsp3) is 0.720. The predicted molar refractivity (Wildman–Crippen MR) is 132 cm³/mol. The molecule has 0 atom stereocenters. The Kier molecular flexibility index (Phi) is 10.8. The van der Waals surface area contributed by atoms with Gasteiger partial charge >= 0.3 is 24.3 Å². The van der Waals surface area contributed by atoms with Gasteiger partial charge in [-0.2, -0.15) is 26.3 Å². The van der Waals surface area contributed by atoms with Crippen molar-refractivity contribution in [1.29, 1.82) is 0 Å². The summed E-state index contributed by atoms with van der Waals surface area (Å²) < 4.78 is 63.5. The summed E-state index contributed by atoms with van der Waals surface area (Å²) in [4.78, 5) is 45.4. The van der Waals surface area contributed by atoms with Crippen LogP contribution in [0.15, 0.2) is 0 Å². The van der Waals surface area contributed by atoms with Crippen LogP contribution < -0.4 is 10.2 Å². The first kappa shape index (κ1) is 32.3. The molecule has 0 unspecified atom stereocenters. The fourth-order valence-corrected chi connectivity index (χ4v) is 4.85. The molecule has 41 heavy (non-hydrogen) atoms. The van der Waals surface area contributed by atoms with Crippen LogP contribution in [0.25, 0.3) is 0 Å². The second-order valence-electron chi connectivity index (χ2n) is 10.5. The van der Waals surface area contributed by atoms with Crippen LogP contribution in [0.2, 0.25) is 0 Å². The summed E-state index contributed by atoms with van der Waals surface area (Å²) in [5, 5.41) is 17.5. The van der Waals surface area contributed by atoms with Gasteiger partial charge in [-0.1, -0.05) is 12.8 Å². The molecule has 3 N–H and O–H groups in total. The maximum atomic E-state index is 13.1. The number of carbonyl (C=O) groups is 3. The zero-order valence-corrected chi connectivity index (χ0v) is 22.2. The fourth-order valence-electron chi connectivity index (χ4n) is 4.85. The molecule has 4 aliphatic rings. The lowest BCUT2D eigenvalue weighted by Gasteiger charge is -2.30. The molecule has 5 rings (SSSR count). The molecule has 1 saturated heterocycles. The van der Waals surface area contributed by atoms with Gasteiger partial charge in [-0.15, -0.1) is 0 Å². The summed E-state index contributed by atoms with van der Waals surface area (Å²) in [6, 6.07) is 0.324. The quantitative estimate of drug-likeness (QED) is 0.434. The summed E-state index contributed by atoms with van der Waals surface area (Å²) in [6.45, 7) is 5.08. The molecule has 16 heteroatoms. The van der Waals surface area contributed by atoms with Gasteiger partial charge in [0.15, 0.2) is 0 Å². The van der Waals surface area contributed by atoms with Crippen molar-refractivity contribution in [3.05, 3.63) is 17.0 Å². The lowest BCUT2D eigenvalue weighted by atomic mass is 10.0. The van der Waals surface area contributed by atoms with Crippen molar-refractivity contribution in [2.24, 2.45) is 5.92 Å². The maximum absolute atomic E-state index is 13.1. The summed E-state index contributed by atoms with van der Waals surface area (Å²) in [6.07, 6.45) is 0.540. The van der Waals surface area contributed by atoms with Crippen molar-refractivity contribution in [1.82, 2.24) is 20.2 Å². The molecule has 10 nitrogen and oxygen atoms in total. The number of nitrogens with one attached hydrogen (secondary N) is 1. The average Bonchev–Trinajstić information content (AvgIpc) is 3.30. The molecule has 2 saturated carbocycles. The molecule has 1 amide bonds. The van der Waals surface area contributed by atoms with E-state index in [1.54, 1.807) is 0 Å². The van der Waals surface area contributed by atoms with E-state index in [4.69, 9.17) is 29.8 Å². The largest absolute Gasteiger partial charge is 0.490 e. The smallest absolute Gasteiger partial charge is 0.475 e. The number of halogens is 6. The Morgan fingerprint density at radius 2 is 1.37 bits per heavy atom. The van der Waals surface area contributed by atoms with Crippen molar-refractivity contribution in [3.63, 3.8) is 0 Å². The molecule has 230 valence electrons. The molecule has 0 bridgehead atoms. The number of aromatic nitrogens is 2. The normalized spacial score (nSPS) is 19.4. The Hall–Kier alpha value is -3.17. The van der Waals surface area contributed by atoms with Crippen LogP contribution in [0.3, 0.4) is 0 Å². The molecule has 2 aliphatic carbocycles. The Bertz CT molecular complexity index is 1060. The summed E-state index contributed by atoms with van der Waals surface area (Å²) in [5.74, 6) is -3.85. The minimum atomic E-state index is -5.08. The maximum Gasteiger partial charge on any atom is 0.490 e. The van der Waals surface area contributed by atoms with Crippen molar-refractivity contribution in [3.8, 4) is 0 Å². The van der Waals surface area contributed by atoms with Crippen LogP contribution in [0.1, 0.15) is 73.1 Å². The second-order valence-corrected chi connectivity index (χ2v) is 10.5. The van der Waals surface area contributed by atoms with E-state index in [1.165, 1.54) is 38.5 Å². The highest BCUT2D eigenvalue weighted by molar-refractivity contribution is 5.94. The SMILES string of the molecule is O=C(NC1CCCC1)c1nc(N2CCCC2)nc2c1CN(CC1CC1)CC2.O=C(O)C(F)(F)F.O=C(O)C(F)(F)F. The number of aliphatic carboxylic acids is 2. The number of anilines is 1. The van der Waals surface area contributed by atoms with E-state index in [1.807, 2.05) is 0 Å². The number of rotatable bonds is 5. The molecular formula is C25H33F6N5O5. The van der Waals surface area contributed by atoms with E-state index in [9.17, 15) is 31.1 Å². The van der Waals surface area contributed by atoms with Crippen molar-refractivity contribution in [2.45, 2.75) is 82.7 Å².